The number of ether oxygens (including phenoxy) is 1. The Morgan fingerprint density at radius 1 is 1.46 bits per heavy atom. The van der Waals surface area contributed by atoms with E-state index in [2.05, 4.69) is 26.2 Å². The number of thiazole rings is 1. The third kappa shape index (κ3) is 5.00. The van der Waals surface area contributed by atoms with E-state index in [1.807, 2.05) is 0 Å². The topological polar surface area (TPSA) is 90.3 Å². The van der Waals surface area contributed by atoms with Crippen LogP contribution in [0.4, 0.5) is 5.13 Å². The second-order valence-electron chi connectivity index (χ2n) is 4.95. The van der Waals surface area contributed by atoms with E-state index in [1.165, 1.54) is 15.9 Å². The van der Waals surface area contributed by atoms with Crippen LogP contribution in [0, 0.1) is 6.92 Å². The molecule has 7 nitrogen and oxygen atoms in total. The first-order valence-corrected chi connectivity index (χ1v) is 8.82. The van der Waals surface area contributed by atoms with E-state index in [-0.39, 0.29) is 30.4 Å². The van der Waals surface area contributed by atoms with Gasteiger partial charge in [-0.1, -0.05) is 0 Å². The fourth-order valence-corrected chi connectivity index (χ4v) is 3.29. The first-order chi connectivity index (χ1) is 11.4. The number of nitrogens with one attached hydrogen (secondary N) is 1. The van der Waals surface area contributed by atoms with Crippen molar-refractivity contribution in [3.05, 3.63) is 43.7 Å². The van der Waals surface area contributed by atoms with Crippen molar-refractivity contribution in [2.24, 2.45) is 0 Å². The molecule has 0 radical (unpaired) electrons. The minimum atomic E-state index is -0.369. The van der Waals surface area contributed by atoms with Crippen LogP contribution in [0.1, 0.15) is 18.2 Å². The molecular formula is C15H16BrN3O4S. The van der Waals surface area contributed by atoms with Crippen LogP contribution < -0.4 is 10.9 Å². The number of hydrogen-bond acceptors (Lipinski definition) is 6. The molecule has 1 N–H and O–H groups in total. The van der Waals surface area contributed by atoms with E-state index in [4.69, 9.17) is 4.74 Å². The molecular weight excluding hydrogens is 398 g/mol. The Hall–Kier alpha value is -2.00. The largest absolute Gasteiger partial charge is 0.466 e. The summed E-state index contributed by atoms with van der Waals surface area (Å²) < 4.78 is 6.89. The van der Waals surface area contributed by atoms with Gasteiger partial charge in [-0.05, 0) is 35.8 Å². The smallest absolute Gasteiger partial charge is 0.311 e. The van der Waals surface area contributed by atoms with Crippen molar-refractivity contribution in [2.75, 3.05) is 11.9 Å². The summed E-state index contributed by atoms with van der Waals surface area (Å²) in [6.45, 7) is 3.61. The predicted octanol–water partition coefficient (Wildman–Crippen LogP) is 2.12. The average Bonchev–Trinajstić information content (AvgIpc) is 2.91. The summed E-state index contributed by atoms with van der Waals surface area (Å²) in [5, 5.41) is 4.68. The summed E-state index contributed by atoms with van der Waals surface area (Å²) in [6, 6.07) is 1.69. The molecule has 2 rings (SSSR count). The minimum Gasteiger partial charge on any atom is -0.466 e. The van der Waals surface area contributed by atoms with Gasteiger partial charge in [-0.3, -0.25) is 14.4 Å². The molecule has 0 unspecified atom stereocenters. The number of anilines is 1. The lowest BCUT2D eigenvalue weighted by Crippen LogP contribution is -2.28. The molecule has 0 atom stereocenters. The highest BCUT2D eigenvalue weighted by Gasteiger charge is 2.12. The van der Waals surface area contributed by atoms with E-state index < -0.39 is 0 Å². The number of rotatable bonds is 6. The molecule has 0 aliphatic rings. The predicted molar refractivity (Wildman–Crippen MR) is 94.2 cm³/mol. The third-order valence-corrected chi connectivity index (χ3v) is 4.21. The minimum absolute atomic E-state index is 0.0600. The number of amides is 1. The standard InChI is InChI=1S/C15H16BrN3O4S/c1-3-23-13(21)5-11-8-24-15(17-11)18-12(20)7-19-6-10(16)4-9(2)14(19)22/h4,6,8H,3,5,7H2,1-2H3,(H,17,18,20). The first-order valence-electron chi connectivity index (χ1n) is 7.15. The fraction of sp³-hybridized carbons (Fsp3) is 0.333. The maximum absolute atomic E-state index is 12.1. The monoisotopic (exact) mass is 413 g/mol. The molecule has 0 fully saturated rings. The van der Waals surface area contributed by atoms with Crippen LogP contribution in [-0.4, -0.2) is 28.0 Å². The Morgan fingerprint density at radius 2 is 2.21 bits per heavy atom. The van der Waals surface area contributed by atoms with Crippen molar-refractivity contribution in [2.45, 2.75) is 26.8 Å². The molecule has 2 aromatic heterocycles. The van der Waals surface area contributed by atoms with E-state index in [9.17, 15) is 14.4 Å². The Morgan fingerprint density at radius 3 is 2.92 bits per heavy atom. The van der Waals surface area contributed by atoms with Crippen LogP contribution in [0.15, 0.2) is 26.9 Å². The van der Waals surface area contributed by atoms with Crippen molar-refractivity contribution < 1.29 is 14.3 Å². The number of aromatic nitrogens is 2. The van der Waals surface area contributed by atoms with Gasteiger partial charge in [0.05, 0.1) is 18.7 Å². The summed E-state index contributed by atoms with van der Waals surface area (Å²) in [4.78, 5) is 39.6. The van der Waals surface area contributed by atoms with Gasteiger partial charge in [-0.25, -0.2) is 4.98 Å². The lowest BCUT2D eigenvalue weighted by atomic mass is 10.3. The zero-order valence-electron chi connectivity index (χ0n) is 13.2. The van der Waals surface area contributed by atoms with Crippen LogP contribution in [0.3, 0.4) is 0 Å². The van der Waals surface area contributed by atoms with E-state index in [0.717, 1.165) is 4.47 Å². The number of nitrogens with zero attached hydrogens (tertiary/aromatic N) is 2. The summed E-state index contributed by atoms with van der Waals surface area (Å²) in [7, 11) is 0. The highest BCUT2D eigenvalue weighted by atomic mass is 79.9. The van der Waals surface area contributed by atoms with Crippen molar-refractivity contribution in [3.8, 4) is 0 Å². The Kier molecular flexibility index (Phi) is 6.27. The number of pyridine rings is 1. The summed E-state index contributed by atoms with van der Waals surface area (Å²) in [5.41, 5.74) is 0.850. The molecule has 1 amide bonds. The first kappa shape index (κ1) is 18.3. The molecule has 0 spiro atoms. The lowest BCUT2D eigenvalue weighted by Gasteiger charge is -2.07. The second-order valence-corrected chi connectivity index (χ2v) is 6.72. The lowest BCUT2D eigenvalue weighted by molar-refractivity contribution is -0.142. The van der Waals surface area contributed by atoms with Gasteiger partial charge in [0.15, 0.2) is 5.13 Å². The maximum Gasteiger partial charge on any atom is 0.311 e. The average molecular weight is 414 g/mol. The van der Waals surface area contributed by atoms with Crippen molar-refractivity contribution >= 4 is 44.3 Å². The van der Waals surface area contributed by atoms with Crippen LogP contribution in [0.5, 0.6) is 0 Å². The van der Waals surface area contributed by atoms with Crippen LogP contribution in [-0.2, 0) is 27.3 Å². The zero-order chi connectivity index (χ0) is 17.7. The molecule has 2 aromatic rings. The number of carbonyl (C=O) groups is 2. The van der Waals surface area contributed by atoms with Crippen LogP contribution in [0.25, 0.3) is 0 Å². The van der Waals surface area contributed by atoms with E-state index in [1.54, 1.807) is 31.5 Å². The number of esters is 1. The molecule has 24 heavy (non-hydrogen) atoms. The Labute approximate surface area is 150 Å². The number of aryl methyl sites for hydroxylation is 1. The Balaban J connectivity index is 1.99. The SMILES string of the molecule is CCOC(=O)Cc1csc(NC(=O)Cn2cc(Br)cc(C)c2=O)n1. The fourth-order valence-electron chi connectivity index (χ4n) is 1.98. The number of hydrogen-bond donors (Lipinski definition) is 1. The van der Waals surface area contributed by atoms with Crippen molar-refractivity contribution in [1.82, 2.24) is 9.55 Å². The third-order valence-electron chi connectivity index (χ3n) is 2.97. The van der Waals surface area contributed by atoms with Gasteiger partial charge in [0.2, 0.25) is 5.91 Å². The summed E-state index contributed by atoms with van der Waals surface area (Å²) >= 11 is 4.51. The van der Waals surface area contributed by atoms with Gasteiger partial charge in [0.25, 0.3) is 5.56 Å². The Bertz CT molecular complexity index is 815. The quantitative estimate of drug-likeness (QED) is 0.732. The van der Waals surface area contributed by atoms with E-state index >= 15 is 0 Å². The van der Waals surface area contributed by atoms with Gasteiger partial charge < -0.3 is 14.6 Å². The molecule has 2 heterocycles. The molecule has 128 valence electrons. The molecule has 9 heteroatoms. The van der Waals surface area contributed by atoms with Crippen LogP contribution in [0.2, 0.25) is 0 Å². The molecule has 0 saturated carbocycles. The molecule has 0 aromatic carbocycles. The molecule has 0 saturated heterocycles. The highest BCUT2D eigenvalue weighted by Crippen LogP contribution is 2.16. The second kappa shape index (κ2) is 8.20. The van der Waals surface area contributed by atoms with Gasteiger partial charge in [0, 0.05) is 21.6 Å². The van der Waals surface area contributed by atoms with Gasteiger partial charge >= 0.3 is 5.97 Å². The van der Waals surface area contributed by atoms with Gasteiger partial charge in [-0.2, -0.15) is 0 Å². The van der Waals surface area contributed by atoms with Crippen molar-refractivity contribution in [3.63, 3.8) is 0 Å². The van der Waals surface area contributed by atoms with Crippen LogP contribution >= 0.6 is 27.3 Å². The normalized spacial score (nSPS) is 10.5. The molecule has 0 aliphatic heterocycles. The summed E-state index contributed by atoms with van der Waals surface area (Å²) in [5.74, 6) is -0.733. The van der Waals surface area contributed by atoms with Gasteiger partial charge in [-0.15, -0.1) is 11.3 Å². The van der Waals surface area contributed by atoms with Crippen molar-refractivity contribution in [1.29, 1.82) is 0 Å². The molecule has 0 aliphatic carbocycles. The summed E-state index contributed by atoms with van der Waals surface area (Å²) in [6.07, 6.45) is 1.62. The maximum atomic E-state index is 12.1. The molecule has 0 bridgehead atoms. The van der Waals surface area contributed by atoms with Gasteiger partial charge in [0.1, 0.15) is 6.54 Å². The zero-order valence-corrected chi connectivity index (χ0v) is 15.6. The van der Waals surface area contributed by atoms with E-state index in [0.29, 0.717) is 23.0 Å². The highest BCUT2D eigenvalue weighted by molar-refractivity contribution is 9.10. The number of carbonyl (C=O) groups excluding carboxylic acids is 2. The number of halogens is 1.